The molecule has 0 saturated heterocycles. The Labute approximate surface area is 94.0 Å². The van der Waals surface area contributed by atoms with Crippen molar-refractivity contribution < 1.29 is 10.0 Å². The van der Waals surface area contributed by atoms with E-state index in [4.69, 9.17) is 0 Å². The molecule has 1 aromatic heterocycles. The van der Waals surface area contributed by atoms with Gasteiger partial charge in [0.1, 0.15) is 11.4 Å². The molecule has 0 aliphatic rings. The Hall–Kier alpha value is -1.43. The molecule has 0 aliphatic carbocycles. The summed E-state index contributed by atoms with van der Waals surface area (Å²) in [6.07, 6.45) is 0.298. The average Bonchev–Trinajstić information content (AvgIpc) is 2.54. The standard InChI is InChI=1S/C10H17N3O3/c1-4-8(14)6-9-10(13(15)16)7(3)11-12(9)5-2/h8,14H,4-6H2,1-3H3. The number of aryl methyl sites for hydroxylation is 2. The summed E-state index contributed by atoms with van der Waals surface area (Å²) in [4.78, 5) is 10.5. The molecule has 16 heavy (non-hydrogen) atoms. The first-order valence-corrected chi connectivity index (χ1v) is 5.39. The SMILES string of the molecule is CCC(O)Cc1c([N+](=O)[O-])c(C)nn1CC. The Balaban J connectivity index is 3.16. The van der Waals surface area contributed by atoms with E-state index in [2.05, 4.69) is 5.10 Å². The summed E-state index contributed by atoms with van der Waals surface area (Å²) in [7, 11) is 0. The van der Waals surface area contributed by atoms with Gasteiger partial charge in [0.25, 0.3) is 0 Å². The number of hydrogen-bond acceptors (Lipinski definition) is 4. The molecule has 0 radical (unpaired) electrons. The monoisotopic (exact) mass is 227 g/mol. The molecular formula is C10H17N3O3. The van der Waals surface area contributed by atoms with E-state index < -0.39 is 11.0 Å². The summed E-state index contributed by atoms with van der Waals surface area (Å²) in [6, 6.07) is 0. The Morgan fingerprint density at radius 3 is 2.62 bits per heavy atom. The van der Waals surface area contributed by atoms with Crippen molar-refractivity contribution in [1.29, 1.82) is 0 Å². The third-order valence-corrected chi connectivity index (χ3v) is 2.58. The number of hydrogen-bond donors (Lipinski definition) is 1. The van der Waals surface area contributed by atoms with Crippen LogP contribution in [-0.2, 0) is 13.0 Å². The number of aliphatic hydroxyl groups is 1. The maximum Gasteiger partial charge on any atom is 0.313 e. The number of rotatable bonds is 5. The molecule has 6 heteroatoms. The quantitative estimate of drug-likeness (QED) is 0.609. The maximum absolute atomic E-state index is 10.9. The van der Waals surface area contributed by atoms with E-state index in [1.165, 1.54) is 0 Å². The molecule has 6 nitrogen and oxygen atoms in total. The Morgan fingerprint density at radius 2 is 2.19 bits per heavy atom. The highest BCUT2D eigenvalue weighted by Crippen LogP contribution is 2.24. The van der Waals surface area contributed by atoms with Crippen molar-refractivity contribution >= 4 is 5.69 Å². The second-order valence-electron chi connectivity index (χ2n) is 3.72. The van der Waals surface area contributed by atoms with Crippen LogP contribution >= 0.6 is 0 Å². The predicted octanol–water partition coefficient (Wildman–Crippen LogP) is 1.43. The van der Waals surface area contributed by atoms with Crippen LogP contribution in [-0.4, -0.2) is 25.9 Å². The molecule has 0 aliphatic heterocycles. The van der Waals surface area contributed by atoms with Crippen LogP contribution in [0, 0.1) is 17.0 Å². The van der Waals surface area contributed by atoms with E-state index in [1.807, 2.05) is 13.8 Å². The van der Waals surface area contributed by atoms with Crippen LogP contribution in [0.25, 0.3) is 0 Å². The molecule has 90 valence electrons. The van der Waals surface area contributed by atoms with Crippen LogP contribution in [0.1, 0.15) is 31.7 Å². The molecule has 1 N–H and O–H groups in total. The van der Waals surface area contributed by atoms with Crippen molar-refractivity contribution in [2.24, 2.45) is 0 Å². The normalized spacial score (nSPS) is 12.8. The summed E-state index contributed by atoms with van der Waals surface area (Å²) in [5, 5.41) is 24.6. The molecule has 0 fully saturated rings. The van der Waals surface area contributed by atoms with Gasteiger partial charge in [-0.1, -0.05) is 6.92 Å². The van der Waals surface area contributed by atoms with Gasteiger partial charge in [0.15, 0.2) is 0 Å². The lowest BCUT2D eigenvalue weighted by Gasteiger charge is -2.08. The van der Waals surface area contributed by atoms with Crippen LogP contribution in [0.2, 0.25) is 0 Å². The number of nitrogens with zero attached hydrogens (tertiary/aromatic N) is 3. The third kappa shape index (κ3) is 2.38. The Kier molecular flexibility index (Phi) is 4.00. The highest BCUT2D eigenvalue weighted by Gasteiger charge is 2.25. The molecule has 1 rings (SSSR count). The molecule has 0 saturated carbocycles. The van der Waals surface area contributed by atoms with Crippen molar-refractivity contribution in [2.75, 3.05) is 0 Å². The van der Waals surface area contributed by atoms with Gasteiger partial charge in [-0.15, -0.1) is 0 Å². The van der Waals surface area contributed by atoms with Crippen molar-refractivity contribution in [1.82, 2.24) is 9.78 Å². The summed E-state index contributed by atoms with van der Waals surface area (Å²) in [5.41, 5.74) is 0.957. The fourth-order valence-electron chi connectivity index (χ4n) is 1.69. The fourth-order valence-corrected chi connectivity index (χ4v) is 1.69. The van der Waals surface area contributed by atoms with Crippen molar-refractivity contribution in [3.8, 4) is 0 Å². The van der Waals surface area contributed by atoms with Gasteiger partial charge in [0.2, 0.25) is 0 Å². The summed E-state index contributed by atoms with van der Waals surface area (Å²) < 4.78 is 1.59. The second kappa shape index (κ2) is 5.07. The molecule has 0 aromatic carbocycles. The Bertz CT molecular complexity index is 387. The maximum atomic E-state index is 10.9. The topological polar surface area (TPSA) is 81.2 Å². The minimum Gasteiger partial charge on any atom is -0.393 e. The average molecular weight is 227 g/mol. The number of nitro groups is 1. The highest BCUT2D eigenvalue weighted by molar-refractivity contribution is 5.40. The van der Waals surface area contributed by atoms with Crippen LogP contribution in [0.15, 0.2) is 0 Å². The fraction of sp³-hybridized carbons (Fsp3) is 0.700. The second-order valence-corrected chi connectivity index (χ2v) is 3.72. The van der Waals surface area contributed by atoms with Crippen LogP contribution < -0.4 is 0 Å². The molecular weight excluding hydrogens is 210 g/mol. The molecule has 0 bridgehead atoms. The van der Waals surface area contributed by atoms with E-state index in [1.54, 1.807) is 11.6 Å². The lowest BCUT2D eigenvalue weighted by molar-refractivity contribution is -0.386. The van der Waals surface area contributed by atoms with Crippen molar-refractivity contribution in [2.45, 2.75) is 46.3 Å². The van der Waals surface area contributed by atoms with Crippen LogP contribution in [0.4, 0.5) is 5.69 Å². The largest absolute Gasteiger partial charge is 0.393 e. The van der Waals surface area contributed by atoms with Gasteiger partial charge < -0.3 is 5.11 Å². The smallest absolute Gasteiger partial charge is 0.313 e. The first-order valence-electron chi connectivity index (χ1n) is 5.39. The van der Waals surface area contributed by atoms with E-state index in [9.17, 15) is 15.2 Å². The van der Waals surface area contributed by atoms with Gasteiger partial charge in [0.05, 0.1) is 11.0 Å². The lowest BCUT2D eigenvalue weighted by Crippen LogP contribution is -2.14. The predicted molar refractivity (Wildman–Crippen MR) is 59.3 cm³/mol. The Morgan fingerprint density at radius 1 is 1.56 bits per heavy atom. The number of aliphatic hydroxyl groups excluding tert-OH is 1. The molecule has 1 aromatic rings. The molecule has 1 atom stereocenters. The van der Waals surface area contributed by atoms with E-state index in [0.717, 1.165) is 0 Å². The minimum absolute atomic E-state index is 0.0364. The molecule has 1 heterocycles. The molecule has 0 amide bonds. The van der Waals surface area contributed by atoms with Crippen LogP contribution in [0.5, 0.6) is 0 Å². The van der Waals surface area contributed by atoms with Gasteiger partial charge >= 0.3 is 5.69 Å². The van der Waals surface area contributed by atoms with Gasteiger partial charge in [0, 0.05) is 13.0 Å². The zero-order chi connectivity index (χ0) is 12.3. The van der Waals surface area contributed by atoms with E-state index >= 15 is 0 Å². The molecule has 0 spiro atoms. The van der Waals surface area contributed by atoms with E-state index in [0.29, 0.717) is 24.4 Å². The van der Waals surface area contributed by atoms with Crippen LogP contribution in [0.3, 0.4) is 0 Å². The van der Waals surface area contributed by atoms with Gasteiger partial charge in [-0.3, -0.25) is 14.8 Å². The summed E-state index contributed by atoms with van der Waals surface area (Å²) in [5.74, 6) is 0. The highest BCUT2D eigenvalue weighted by atomic mass is 16.6. The van der Waals surface area contributed by atoms with Crippen molar-refractivity contribution in [3.63, 3.8) is 0 Å². The first kappa shape index (κ1) is 12.6. The van der Waals surface area contributed by atoms with Gasteiger partial charge in [-0.25, -0.2) is 0 Å². The van der Waals surface area contributed by atoms with Gasteiger partial charge in [-0.2, -0.15) is 5.10 Å². The van der Waals surface area contributed by atoms with Gasteiger partial charge in [-0.05, 0) is 20.3 Å². The summed E-state index contributed by atoms with van der Waals surface area (Å²) in [6.45, 7) is 5.90. The third-order valence-electron chi connectivity index (χ3n) is 2.58. The van der Waals surface area contributed by atoms with Crippen molar-refractivity contribution in [3.05, 3.63) is 21.5 Å². The number of aromatic nitrogens is 2. The minimum atomic E-state index is -0.555. The van der Waals surface area contributed by atoms with E-state index in [-0.39, 0.29) is 12.1 Å². The molecule has 1 unspecified atom stereocenters. The zero-order valence-corrected chi connectivity index (χ0v) is 9.80. The first-order chi connectivity index (χ1) is 7.51. The zero-order valence-electron chi connectivity index (χ0n) is 9.80. The lowest BCUT2D eigenvalue weighted by atomic mass is 10.1. The summed E-state index contributed by atoms with van der Waals surface area (Å²) >= 11 is 0.